The molecule has 0 amide bonds. The molecule has 0 spiro atoms. The summed E-state index contributed by atoms with van der Waals surface area (Å²) in [6.07, 6.45) is 6.78. The van der Waals surface area contributed by atoms with Crippen molar-refractivity contribution in [1.82, 2.24) is 19.9 Å². The monoisotopic (exact) mass is 476 g/mol. The van der Waals surface area contributed by atoms with E-state index in [0.717, 1.165) is 46.8 Å². The van der Waals surface area contributed by atoms with Gasteiger partial charge in [0.05, 0.1) is 47.1 Å². The van der Waals surface area contributed by atoms with Crippen molar-refractivity contribution in [2.24, 2.45) is 0 Å². The Bertz CT molecular complexity index is 1470. The van der Waals surface area contributed by atoms with Crippen LogP contribution < -0.4 is 9.80 Å². The van der Waals surface area contributed by atoms with Gasteiger partial charge in [0.1, 0.15) is 0 Å². The van der Waals surface area contributed by atoms with E-state index in [1.165, 1.54) is 6.26 Å². The number of aromatic nitrogens is 4. The number of sulfone groups is 1. The van der Waals surface area contributed by atoms with Gasteiger partial charge in [-0.3, -0.25) is 4.98 Å². The standard InChI is InChI=1S/C24H24N6O3S/c1-34(31,32)19-4-2-16(3-5-19)13-29-14-18-15-33-9-8-30(18)24-22(29)12-27-23(28-24)17-10-21-20(26-11-17)6-7-25-21/h2-7,10-12,18,25H,8-9,13-15H2,1H3. The first-order valence-corrected chi connectivity index (χ1v) is 13.0. The number of nitrogens with one attached hydrogen (secondary N) is 1. The van der Waals surface area contributed by atoms with Gasteiger partial charge in [0.2, 0.25) is 0 Å². The fourth-order valence-electron chi connectivity index (χ4n) is 4.65. The van der Waals surface area contributed by atoms with Crippen molar-refractivity contribution in [2.75, 3.05) is 42.4 Å². The molecule has 34 heavy (non-hydrogen) atoms. The van der Waals surface area contributed by atoms with Gasteiger partial charge < -0.3 is 19.5 Å². The first kappa shape index (κ1) is 21.1. The smallest absolute Gasteiger partial charge is 0.175 e. The maximum Gasteiger partial charge on any atom is 0.175 e. The normalized spacial score (nSPS) is 18.1. The number of nitrogens with zero attached hydrogens (tertiary/aromatic N) is 5. The third kappa shape index (κ3) is 3.78. The zero-order chi connectivity index (χ0) is 23.3. The van der Waals surface area contributed by atoms with Crippen LogP contribution in [0.2, 0.25) is 0 Å². The van der Waals surface area contributed by atoms with Crippen molar-refractivity contribution in [3.05, 3.63) is 60.6 Å². The average Bonchev–Trinajstić information content (AvgIpc) is 3.32. The van der Waals surface area contributed by atoms with Crippen LogP contribution >= 0.6 is 0 Å². The molecule has 9 nitrogen and oxygen atoms in total. The summed E-state index contributed by atoms with van der Waals surface area (Å²) >= 11 is 0. The van der Waals surface area contributed by atoms with Gasteiger partial charge in [-0.2, -0.15) is 0 Å². The number of hydrogen-bond acceptors (Lipinski definition) is 8. The van der Waals surface area contributed by atoms with E-state index in [1.54, 1.807) is 18.3 Å². The van der Waals surface area contributed by atoms with Crippen molar-refractivity contribution < 1.29 is 13.2 Å². The molecule has 174 valence electrons. The minimum Gasteiger partial charge on any atom is -0.377 e. The SMILES string of the molecule is CS(=O)(=O)c1ccc(CN2CC3COCCN3c3nc(-c4cnc5cc[nH]c5c4)ncc32)cc1. The Hall–Kier alpha value is -3.50. The van der Waals surface area contributed by atoms with Crippen molar-refractivity contribution >= 4 is 32.4 Å². The highest BCUT2D eigenvalue weighted by atomic mass is 32.2. The minimum absolute atomic E-state index is 0.184. The number of anilines is 2. The highest BCUT2D eigenvalue weighted by Crippen LogP contribution is 2.37. The maximum absolute atomic E-state index is 11.8. The molecule has 1 saturated heterocycles. The molecule has 6 rings (SSSR count). The fourth-order valence-corrected chi connectivity index (χ4v) is 5.28. The molecule has 0 radical (unpaired) electrons. The molecule has 0 saturated carbocycles. The first-order chi connectivity index (χ1) is 16.5. The fraction of sp³-hybridized carbons (Fsp3) is 0.292. The van der Waals surface area contributed by atoms with Crippen molar-refractivity contribution in [2.45, 2.75) is 17.5 Å². The predicted molar refractivity (Wildman–Crippen MR) is 130 cm³/mol. The van der Waals surface area contributed by atoms with E-state index in [2.05, 4.69) is 24.8 Å². The molecule has 1 N–H and O–H groups in total. The van der Waals surface area contributed by atoms with Crippen molar-refractivity contribution in [3.63, 3.8) is 0 Å². The van der Waals surface area contributed by atoms with E-state index < -0.39 is 9.84 Å². The van der Waals surface area contributed by atoms with Gasteiger partial charge in [-0.1, -0.05) is 12.1 Å². The van der Waals surface area contributed by atoms with Crippen LogP contribution in [0.25, 0.3) is 22.4 Å². The molecular weight excluding hydrogens is 452 g/mol. The van der Waals surface area contributed by atoms with Crippen LogP contribution in [0.4, 0.5) is 11.5 Å². The van der Waals surface area contributed by atoms with E-state index >= 15 is 0 Å². The summed E-state index contributed by atoms with van der Waals surface area (Å²) in [6, 6.07) is 11.2. The van der Waals surface area contributed by atoms with Crippen molar-refractivity contribution in [1.29, 1.82) is 0 Å². The van der Waals surface area contributed by atoms with Gasteiger partial charge in [-0.15, -0.1) is 0 Å². The van der Waals surface area contributed by atoms with Crippen molar-refractivity contribution in [3.8, 4) is 11.4 Å². The molecule has 4 aromatic rings. The van der Waals surface area contributed by atoms with Gasteiger partial charge in [-0.25, -0.2) is 18.4 Å². The Kier molecular flexibility index (Phi) is 5.00. The van der Waals surface area contributed by atoms with Crippen LogP contribution in [0, 0.1) is 0 Å². The number of aromatic amines is 1. The lowest BCUT2D eigenvalue weighted by Crippen LogP contribution is -2.55. The molecule has 0 aliphatic carbocycles. The molecule has 2 aliphatic heterocycles. The zero-order valence-electron chi connectivity index (χ0n) is 18.7. The number of rotatable bonds is 4. The highest BCUT2D eigenvalue weighted by Gasteiger charge is 2.35. The summed E-state index contributed by atoms with van der Waals surface area (Å²) in [5.74, 6) is 1.52. The lowest BCUT2D eigenvalue weighted by Gasteiger charge is -2.45. The number of fused-ring (bicyclic) bond motifs is 4. The molecule has 0 bridgehead atoms. The Morgan fingerprint density at radius 1 is 1.15 bits per heavy atom. The molecular formula is C24H24N6O3S. The lowest BCUT2D eigenvalue weighted by atomic mass is 10.1. The Morgan fingerprint density at radius 3 is 2.82 bits per heavy atom. The van der Waals surface area contributed by atoms with E-state index in [9.17, 15) is 8.42 Å². The van der Waals surface area contributed by atoms with E-state index in [-0.39, 0.29) is 6.04 Å². The number of hydrogen-bond donors (Lipinski definition) is 1. The third-order valence-electron chi connectivity index (χ3n) is 6.40. The Labute approximate surface area is 197 Å². The quantitative estimate of drug-likeness (QED) is 0.479. The molecule has 1 fully saturated rings. The topological polar surface area (TPSA) is 104 Å². The summed E-state index contributed by atoms with van der Waals surface area (Å²) < 4.78 is 29.4. The summed E-state index contributed by atoms with van der Waals surface area (Å²) in [6.45, 7) is 3.48. The van der Waals surface area contributed by atoms with Gasteiger partial charge in [0, 0.05) is 43.8 Å². The number of H-pyrrole nitrogens is 1. The third-order valence-corrected chi connectivity index (χ3v) is 7.53. The molecule has 10 heteroatoms. The Balaban J connectivity index is 1.36. The second-order valence-electron chi connectivity index (χ2n) is 8.76. The van der Waals surface area contributed by atoms with Gasteiger partial charge in [-0.05, 0) is 29.8 Å². The predicted octanol–water partition coefficient (Wildman–Crippen LogP) is 2.65. The van der Waals surface area contributed by atoms with Gasteiger partial charge in [0.15, 0.2) is 21.5 Å². The number of pyridine rings is 1. The Morgan fingerprint density at radius 2 is 2.00 bits per heavy atom. The van der Waals surface area contributed by atoms with Crippen LogP contribution in [0.5, 0.6) is 0 Å². The number of morpholine rings is 1. The second kappa shape index (κ2) is 8.07. The lowest BCUT2D eigenvalue weighted by molar-refractivity contribution is 0.0936. The number of ether oxygens (including phenoxy) is 1. The summed E-state index contributed by atoms with van der Waals surface area (Å²) in [4.78, 5) is 22.3. The van der Waals surface area contributed by atoms with Crippen LogP contribution in [0.1, 0.15) is 5.56 Å². The molecule has 1 unspecified atom stereocenters. The maximum atomic E-state index is 11.8. The highest BCUT2D eigenvalue weighted by molar-refractivity contribution is 7.90. The van der Waals surface area contributed by atoms with Crippen LogP contribution in [-0.4, -0.2) is 67.0 Å². The number of benzene rings is 1. The van der Waals surface area contributed by atoms with E-state index in [0.29, 0.717) is 30.5 Å². The molecule has 2 aliphatic rings. The largest absolute Gasteiger partial charge is 0.377 e. The molecule has 1 atom stereocenters. The molecule has 3 aromatic heterocycles. The van der Waals surface area contributed by atoms with Crippen LogP contribution in [0.15, 0.2) is 59.9 Å². The second-order valence-corrected chi connectivity index (χ2v) is 10.8. The molecule has 1 aromatic carbocycles. The summed E-state index contributed by atoms with van der Waals surface area (Å²) in [5, 5.41) is 0. The zero-order valence-corrected chi connectivity index (χ0v) is 19.5. The molecule has 5 heterocycles. The van der Waals surface area contributed by atoms with E-state index in [4.69, 9.17) is 9.72 Å². The summed E-state index contributed by atoms with van der Waals surface area (Å²) in [5.41, 5.74) is 4.69. The van der Waals surface area contributed by atoms with E-state index in [1.807, 2.05) is 36.7 Å². The van der Waals surface area contributed by atoms with Crippen LogP contribution in [-0.2, 0) is 21.1 Å². The minimum atomic E-state index is -3.22. The van der Waals surface area contributed by atoms with Crippen LogP contribution in [0.3, 0.4) is 0 Å². The van der Waals surface area contributed by atoms with Gasteiger partial charge >= 0.3 is 0 Å². The van der Waals surface area contributed by atoms with Gasteiger partial charge in [0.25, 0.3) is 0 Å². The average molecular weight is 477 g/mol. The first-order valence-electron chi connectivity index (χ1n) is 11.1. The summed E-state index contributed by atoms with van der Waals surface area (Å²) in [7, 11) is -3.22.